The largest absolute Gasteiger partial charge is 0.463 e. The highest BCUT2D eigenvalue weighted by molar-refractivity contribution is 5.66. The highest BCUT2D eigenvalue weighted by Crippen LogP contribution is 2.80. The Morgan fingerprint density at radius 1 is 0.972 bits per heavy atom. The summed E-state index contributed by atoms with van der Waals surface area (Å²) in [5.41, 5.74) is -0.327. The van der Waals surface area contributed by atoms with Crippen LogP contribution in [0.15, 0.2) is 0 Å². The van der Waals surface area contributed by atoms with Gasteiger partial charge < -0.3 is 23.7 Å². The Hall–Kier alpha value is -0.690. The second-order valence-corrected chi connectivity index (χ2v) is 15.1. The molecule has 2 bridgehead atoms. The van der Waals surface area contributed by atoms with Crippen molar-refractivity contribution < 1.29 is 28.5 Å². The minimum absolute atomic E-state index is 0.0756. The lowest BCUT2D eigenvalue weighted by Gasteiger charge is -2.60. The summed E-state index contributed by atoms with van der Waals surface area (Å²) in [5.74, 6) is 2.46. The molecule has 2 spiro atoms. The van der Waals surface area contributed by atoms with Crippen LogP contribution >= 0.6 is 0 Å². The Labute approximate surface area is 215 Å². The van der Waals surface area contributed by atoms with Crippen LogP contribution in [-0.4, -0.2) is 47.6 Å². The zero-order valence-corrected chi connectivity index (χ0v) is 22.9. The van der Waals surface area contributed by atoms with Gasteiger partial charge in [-0.05, 0) is 101 Å². The fourth-order valence-electron chi connectivity index (χ4n) is 11.9. The third-order valence-corrected chi connectivity index (χ3v) is 13.5. The first-order chi connectivity index (χ1) is 16.9. The van der Waals surface area contributed by atoms with E-state index in [1.807, 2.05) is 0 Å². The molecule has 6 heteroatoms. The normalized spacial score (nSPS) is 63.3. The monoisotopic (exact) mass is 500 g/mol. The second kappa shape index (κ2) is 6.71. The van der Waals surface area contributed by atoms with Gasteiger partial charge in [0.05, 0.1) is 17.8 Å². The molecule has 14 atom stereocenters. The molecule has 0 amide bonds. The number of rotatable bonds is 1. The molecule has 4 aliphatic heterocycles. The number of hydrogen-bond donors (Lipinski definition) is 0. The summed E-state index contributed by atoms with van der Waals surface area (Å²) in [4.78, 5) is 11.6. The lowest BCUT2D eigenvalue weighted by atomic mass is 9.44. The number of hydrogen-bond acceptors (Lipinski definition) is 6. The third-order valence-electron chi connectivity index (χ3n) is 13.5. The van der Waals surface area contributed by atoms with E-state index in [0.717, 1.165) is 38.5 Å². The second-order valence-electron chi connectivity index (χ2n) is 15.1. The molecule has 0 radical (unpaired) electrons. The maximum absolute atomic E-state index is 11.6. The van der Waals surface area contributed by atoms with Crippen LogP contribution < -0.4 is 0 Å². The minimum Gasteiger partial charge on any atom is -0.463 e. The van der Waals surface area contributed by atoms with Gasteiger partial charge in [-0.25, -0.2) is 0 Å². The van der Waals surface area contributed by atoms with Crippen LogP contribution in [0.1, 0.15) is 92.9 Å². The van der Waals surface area contributed by atoms with Gasteiger partial charge in [-0.15, -0.1) is 0 Å². The van der Waals surface area contributed by atoms with Crippen LogP contribution in [0.4, 0.5) is 0 Å². The fourth-order valence-corrected chi connectivity index (χ4v) is 11.9. The van der Waals surface area contributed by atoms with Crippen LogP contribution in [0, 0.1) is 46.3 Å². The molecule has 0 aromatic heterocycles. The SMILES string of the molecule is CC(=O)OC1CCC2(C)C(CCC3C2C2CC45C(O2)OC2(C)C4C(CC35)OC23CC(C)C(C)(C)O3)C1. The maximum Gasteiger partial charge on any atom is 0.302 e. The van der Waals surface area contributed by atoms with Gasteiger partial charge in [0.15, 0.2) is 12.1 Å². The molecule has 8 rings (SSSR count). The van der Waals surface area contributed by atoms with Crippen LogP contribution in [-0.2, 0) is 28.5 Å². The summed E-state index contributed by atoms with van der Waals surface area (Å²) < 4.78 is 33.7. The predicted molar refractivity (Wildman–Crippen MR) is 131 cm³/mol. The van der Waals surface area contributed by atoms with Gasteiger partial charge in [-0.3, -0.25) is 4.79 Å². The first-order valence-electron chi connectivity index (χ1n) is 14.8. The Morgan fingerprint density at radius 3 is 2.50 bits per heavy atom. The number of fused-ring (bicyclic) bond motifs is 7. The molecular weight excluding hydrogens is 456 g/mol. The van der Waals surface area contributed by atoms with Crippen molar-refractivity contribution in [1.82, 2.24) is 0 Å². The quantitative estimate of drug-likeness (QED) is 0.460. The first kappa shape index (κ1) is 23.2. The summed E-state index contributed by atoms with van der Waals surface area (Å²) in [6, 6.07) is 0. The molecule has 0 aromatic carbocycles. The average Bonchev–Trinajstić information content (AvgIpc) is 3.46. The van der Waals surface area contributed by atoms with Crippen molar-refractivity contribution in [3.05, 3.63) is 0 Å². The fraction of sp³-hybridized carbons (Fsp3) is 0.967. The smallest absolute Gasteiger partial charge is 0.302 e. The number of carbonyl (C=O) groups excluding carboxylic acids is 1. The van der Waals surface area contributed by atoms with Gasteiger partial charge >= 0.3 is 5.97 Å². The summed E-state index contributed by atoms with van der Waals surface area (Å²) in [7, 11) is 0. The number of esters is 1. The summed E-state index contributed by atoms with van der Waals surface area (Å²) in [6.07, 6.45) is 9.23. The highest BCUT2D eigenvalue weighted by atomic mass is 16.8. The summed E-state index contributed by atoms with van der Waals surface area (Å²) in [6.45, 7) is 13.1. The van der Waals surface area contributed by atoms with Crippen molar-refractivity contribution in [3.8, 4) is 0 Å². The molecule has 4 aliphatic carbocycles. The number of carbonyl (C=O) groups is 1. The zero-order valence-electron chi connectivity index (χ0n) is 22.9. The van der Waals surface area contributed by atoms with E-state index in [9.17, 15) is 4.79 Å². The Kier molecular flexibility index (Phi) is 4.33. The summed E-state index contributed by atoms with van der Waals surface area (Å²) >= 11 is 0. The lowest BCUT2D eigenvalue weighted by molar-refractivity contribution is -0.319. The molecule has 0 aromatic rings. The minimum atomic E-state index is -0.649. The molecule has 4 saturated heterocycles. The first-order valence-corrected chi connectivity index (χ1v) is 14.8. The molecule has 6 nitrogen and oxygen atoms in total. The van der Waals surface area contributed by atoms with Crippen molar-refractivity contribution in [3.63, 3.8) is 0 Å². The van der Waals surface area contributed by atoms with E-state index in [1.165, 1.54) is 12.8 Å². The van der Waals surface area contributed by atoms with Gasteiger partial charge in [-0.1, -0.05) is 13.8 Å². The zero-order chi connectivity index (χ0) is 25.0. The van der Waals surface area contributed by atoms with E-state index < -0.39 is 11.4 Å². The van der Waals surface area contributed by atoms with E-state index in [2.05, 4.69) is 34.6 Å². The third kappa shape index (κ3) is 2.44. The van der Waals surface area contributed by atoms with E-state index in [0.29, 0.717) is 35.5 Å². The Balaban J connectivity index is 1.13. The van der Waals surface area contributed by atoms with Crippen molar-refractivity contribution in [2.24, 2.45) is 46.3 Å². The van der Waals surface area contributed by atoms with Crippen LogP contribution in [0.2, 0.25) is 0 Å². The van der Waals surface area contributed by atoms with Crippen LogP contribution in [0.5, 0.6) is 0 Å². The molecule has 4 saturated carbocycles. The van der Waals surface area contributed by atoms with Gasteiger partial charge in [0.2, 0.25) is 0 Å². The molecule has 200 valence electrons. The van der Waals surface area contributed by atoms with Gasteiger partial charge in [-0.2, -0.15) is 0 Å². The highest BCUT2D eigenvalue weighted by Gasteiger charge is 2.86. The van der Waals surface area contributed by atoms with E-state index >= 15 is 0 Å². The number of ether oxygens (including phenoxy) is 5. The molecular formula is C30H44O6. The molecule has 36 heavy (non-hydrogen) atoms. The van der Waals surface area contributed by atoms with Gasteiger partial charge in [0, 0.05) is 24.7 Å². The molecule has 0 N–H and O–H groups in total. The lowest BCUT2D eigenvalue weighted by Crippen LogP contribution is -2.59. The van der Waals surface area contributed by atoms with Crippen molar-refractivity contribution in [2.45, 2.75) is 135 Å². The van der Waals surface area contributed by atoms with Crippen molar-refractivity contribution >= 4 is 5.97 Å². The van der Waals surface area contributed by atoms with Crippen LogP contribution in [0.25, 0.3) is 0 Å². The molecule has 14 unspecified atom stereocenters. The van der Waals surface area contributed by atoms with E-state index in [4.69, 9.17) is 23.7 Å². The maximum atomic E-state index is 11.6. The topological polar surface area (TPSA) is 63.2 Å². The van der Waals surface area contributed by atoms with Crippen LogP contribution in [0.3, 0.4) is 0 Å². The van der Waals surface area contributed by atoms with Crippen molar-refractivity contribution in [2.75, 3.05) is 0 Å². The predicted octanol–water partition coefficient (Wildman–Crippen LogP) is 5.22. The van der Waals surface area contributed by atoms with E-state index in [1.54, 1.807) is 6.92 Å². The molecule has 8 fully saturated rings. The van der Waals surface area contributed by atoms with Gasteiger partial charge in [0.25, 0.3) is 0 Å². The molecule has 8 aliphatic rings. The van der Waals surface area contributed by atoms with E-state index in [-0.39, 0.29) is 47.0 Å². The molecule has 4 heterocycles. The van der Waals surface area contributed by atoms with Crippen molar-refractivity contribution in [1.29, 1.82) is 0 Å². The van der Waals surface area contributed by atoms with Gasteiger partial charge in [0.1, 0.15) is 11.7 Å². The summed E-state index contributed by atoms with van der Waals surface area (Å²) in [5, 5.41) is 0. The Bertz CT molecular complexity index is 1010. The average molecular weight is 501 g/mol. The standard InChI is InChI=1S/C30H44O6/c1-15-13-30(36-26(15,3)4)28(6)24-21(34-30)12-20-19-8-7-17-11-18(32-16(2)31)9-10-27(17,5)23(19)22-14-29(20,24)25(33-22)35-28/h15,17-25H,7-14H2,1-6H3. The Morgan fingerprint density at radius 2 is 1.78 bits per heavy atom.